The molecule has 10 nitrogen and oxygen atoms in total. The Hall–Kier alpha value is -3.58. The van der Waals surface area contributed by atoms with Crippen LogP contribution < -0.4 is 10.6 Å². The van der Waals surface area contributed by atoms with Crippen molar-refractivity contribution in [2.75, 3.05) is 24.6 Å². The summed E-state index contributed by atoms with van der Waals surface area (Å²) >= 11 is 16.1. The molecular weight excluding hydrogens is 752 g/mol. The summed E-state index contributed by atoms with van der Waals surface area (Å²) in [5.41, 5.74) is 2.42. The Morgan fingerprint density at radius 3 is 1.68 bits per heavy atom. The van der Waals surface area contributed by atoms with Crippen LogP contribution >= 0.6 is 46.7 Å². The summed E-state index contributed by atoms with van der Waals surface area (Å²) in [6.07, 6.45) is 6.98. The number of benzene rings is 1. The van der Waals surface area contributed by atoms with E-state index in [4.69, 9.17) is 42.6 Å². The standard InChI is InChI=1S/C39H48Cl2N6O4S2/c1-9-10-12-15-24(2)30-32(26-22-28(46-34(40)44-26)52-20-18-42-36(48)50-38(3,4)5)31(25-16-13-11-14-17-25)33(30)27-23-29(47-35(41)45-27)53-21-19-43-37(49)51-39(6,7)8/h9-17,22-23,30-33H,2,18-21H2,1,3-8H3,(H,42,48)(H,43,49)/b10-9-,15-12-/t30-,31-,32-,33-/m1/s1. The summed E-state index contributed by atoms with van der Waals surface area (Å²) < 4.78 is 10.7. The first-order chi connectivity index (χ1) is 25.0. The number of amides is 2. The second-order valence-electron chi connectivity index (χ2n) is 14.3. The van der Waals surface area contributed by atoms with Crippen LogP contribution in [0.25, 0.3) is 0 Å². The van der Waals surface area contributed by atoms with Crippen LogP contribution in [0.2, 0.25) is 10.6 Å². The Labute approximate surface area is 331 Å². The fourth-order valence-corrected chi connectivity index (χ4v) is 8.01. The van der Waals surface area contributed by atoms with E-state index in [9.17, 15) is 9.59 Å². The first kappa shape index (κ1) is 42.2. The predicted octanol–water partition coefficient (Wildman–Crippen LogP) is 9.78. The first-order valence-corrected chi connectivity index (χ1v) is 20.1. The Morgan fingerprint density at radius 1 is 0.774 bits per heavy atom. The number of nitrogens with one attached hydrogen (secondary N) is 2. The Kier molecular flexibility index (Phi) is 15.2. The lowest BCUT2D eigenvalue weighted by molar-refractivity contribution is 0.0519. The molecule has 1 aliphatic rings. The smallest absolute Gasteiger partial charge is 0.407 e. The second-order valence-corrected chi connectivity index (χ2v) is 17.2. The molecule has 2 heterocycles. The minimum atomic E-state index is -0.580. The molecule has 2 atom stereocenters. The molecule has 2 amide bonds. The van der Waals surface area contributed by atoms with Gasteiger partial charge in [-0.1, -0.05) is 66.8 Å². The Bertz CT molecular complexity index is 1700. The average molecular weight is 800 g/mol. The zero-order chi connectivity index (χ0) is 38.8. The van der Waals surface area contributed by atoms with Crippen LogP contribution in [0.1, 0.15) is 83.2 Å². The molecule has 0 bridgehead atoms. The molecule has 0 aliphatic heterocycles. The third-order valence-corrected chi connectivity index (χ3v) is 10.1. The van der Waals surface area contributed by atoms with E-state index in [-0.39, 0.29) is 34.2 Å². The molecule has 2 aromatic heterocycles. The molecule has 1 aromatic carbocycles. The van der Waals surface area contributed by atoms with Gasteiger partial charge in [0.05, 0.1) is 11.4 Å². The second kappa shape index (κ2) is 19.1. The maximum Gasteiger partial charge on any atom is 0.407 e. The van der Waals surface area contributed by atoms with Gasteiger partial charge in [-0.05, 0) is 89.4 Å². The zero-order valence-corrected chi connectivity index (χ0v) is 34.3. The highest BCUT2D eigenvalue weighted by Gasteiger charge is 2.54. The highest BCUT2D eigenvalue weighted by Crippen LogP contribution is 2.64. The molecule has 0 saturated heterocycles. The largest absolute Gasteiger partial charge is 0.444 e. The van der Waals surface area contributed by atoms with Crippen molar-refractivity contribution in [3.63, 3.8) is 0 Å². The summed E-state index contributed by atoms with van der Waals surface area (Å²) in [5.74, 6) is 0.647. The van der Waals surface area contributed by atoms with Gasteiger partial charge < -0.3 is 20.1 Å². The monoisotopic (exact) mass is 798 g/mol. The Morgan fingerprint density at radius 2 is 1.25 bits per heavy atom. The van der Waals surface area contributed by atoms with E-state index in [0.29, 0.717) is 34.6 Å². The van der Waals surface area contributed by atoms with Gasteiger partial charge in [0.15, 0.2) is 0 Å². The summed E-state index contributed by atoms with van der Waals surface area (Å²) in [4.78, 5) is 42.8. The number of allylic oxidation sites excluding steroid dienone is 5. The van der Waals surface area contributed by atoms with Crippen molar-refractivity contribution < 1.29 is 19.1 Å². The van der Waals surface area contributed by atoms with Crippen molar-refractivity contribution in [1.82, 2.24) is 30.6 Å². The molecule has 4 rings (SSSR count). The summed E-state index contributed by atoms with van der Waals surface area (Å²) in [6, 6.07) is 14.2. The number of hydrogen-bond donors (Lipinski definition) is 2. The fourth-order valence-electron chi connectivity index (χ4n) is 6.00. The summed E-state index contributed by atoms with van der Waals surface area (Å²) in [5, 5.41) is 7.24. The molecule has 1 saturated carbocycles. The van der Waals surface area contributed by atoms with Crippen LogP contribution in [0.15, 0.2) is 89.0 Å². The number of nitrogens with zero attached hydrogens (tertiary/aromatic N) is 4. The molecular formula is C39H48Cl2N6O4S2. The molecule has 14 heteroatoms. The predicted molar refractivity (Wildman–Crippen MR) is 215 cm³/mol. The molecule has 1 aliphatic carbocycles. The molecule has 0 radical (unpaired) electrons. The van der Waals surface area contributed by atoms with Crippen LogP contribution in [0.3, 0.4) is 0 Å². The van der Waals surface area contributed by atoms with Crippen molar-refractivity contribution in [2.24, 2.45) is 5.92 Å². The van der Waals surface area contributed by atoms with Gasteiger partial charge in [0, 0.05) is 48.3 Å². The van der Waals surface area contributed by atoms with Gasteiger partial charge in [0.2, 0.25) is 10.6 Å². The molecule has 1 fully saturated rings. The first-order valence-electron chi connectivity index (χ1n) is 17.4. The fraction of sp³-hybridized carbons (Fsp3) is 0.436. The molecule has 53 heavy (non-hydrogen) atoms. The highest BCUT2D eigenvalue weighted by atomic mass is 35.5. The lowest BCUT2D eigenvalue weighted by Crippen LogP contribution is -2.43. The van der Waals surface area contributed by atoms with Crippen LogP contribution in [-0.2, 0) is 9.47 Å². The van der Waals surface area contributed by atoms with Crippen LogP contribution in [0, 0.1) is 5.92 Å². The van der Waals surface area contributed by atoms with E-state index < -0.39 is 23.4 Å². The molecule has 0 unspecified atom stereocenters. The van der Waals surface area contributed by atoms with Crippen molar-refractivity contribution in [3.05, 3.63) is 106 Å². The van der Waals surface area contributed by atoms with Gasteiger partial charge in [-0.15, -0.1) is 23.5 Å². The molecule has 0 spiro atoms. The lowest BCUT2D eigenvalue weighted by Gasteiger charge is -2.52. The number of rotatable bonds is 14. The number of thioether (sulfide) groups is 2. The van der Waals surface area contributed by atoms with Crippen molar-refractivity contribution in [1.29, 1.82) is 0 Å². The number of halogens is 2. The third kappa shape index (κ3) is 13.0. The molecule has 3 aromatic rings. The zero-order valence-electron chi connectivity index (χ0n) is 31.2. The summed E-state index contributed by atoms with van der Waals surface area (Å²) in [7, 11) is 0. The summed E-state index contributed by atoms with van der Waals surface area (Å²) in [6.45, 7) is 18.2. The maximum absolute atomic E-state index is 12.2. The van der Waals surface area contributed by atoms with E-state index >= 15 is 0 Å². The van der Waals surface area contributed by atoms with E-state index in [1.165, 1.54) is 23.5 Å². The quantitative estimate of drug-likeness (QED) is 0.0535. The molecule has 284 valence electrons. The van der Waals surface area contributed by atoms with Gasteiger partial charge >= 0.3 is 12.2 Å². The van der Waals surface area contributed by atoms with Crippen LogP contribution in [0.5, 0.6) is 0 Å². The van der Waals surface area contributed by atoms with Gasteiger partial charge in [0.1, 0.15) is 21.3 Å². The Balaban J connectivity index is 1.64. The highest BCUT2D eigenvalue weighted by molar-refractivity contribution is 7.99. The van der Waals surface area contributed by atoms with Gasteiger partial charge in [-0.2, -0.15) is 0 Å². The van der Waals surface area contributed by atoms with E-state index in [1.807, 2.05) is 103 Å². The maximum atomic E-state index is 12.2. The average Bonchev–Trinajstić information content (AvgIpc) is 3.03. The van der Waals surface area contributed by atoms with E-state index in [1.54, 1.807) is 0 Å². The van der Waals surface area contributed by atoms with E-state index in [2.05, 4.69) is 39.3 Å². The lowest BCUT2D eigenvalue weighted by atomic mass is 9.50. The number of aromatic nitrogens is 4. The molecule has 2 N–H and O–H groups in total. The van der Waals surface area contributed by atoms with Crippen LogP contribution in [0.4, 0.5) is 9.59 Å². The van der Waals surface area contributed by atoms with Crippen molar-refractivity contribution >= 4 is 58.9 Å². The number of carbonyl (C=O) groups is 2. The van der Waals surface area contributed by atoms with Gasteiger partial charge in [-0.25, -0.2) is 29.5 Å². The van der Waals surface area contributed by atoms with E-state index in [0.717, 1.165) is 22.5 Å². The van der Waals surface area contributed by atoms with Gasteiger partial charge in [-0.3, -0.25) is 0 Å². The number of alkyl carbamates (subject to hydrolysis) is 2. The van der Waals surface area contributed by atoms with Gasteiger partial charge in [0.25, 0.3) is 0 Å². The topological polar surface area (TPSA) is 128 Å². The number of ether oxygens (including phenoxy) is 2. The normalized spacial score (nSPS) is 18.8. The number of carbonyl (C=O) groups excluding carboxylic acids is 2. The van der Waals surface area contributed by atoms with Crippen molar-refractivity contribution in [3.8, 4) is 0 Å². The van der Waals surface area contributed by atoms with Crippen molar-refractivity contribution in [2.45, 2.75) is 87.5 Å². The SMILES string of the molecule is C=C(/C=C\C=C/C)[C@H]1[C@@H](c2cc(SCCNC(=O)OC(C)(C)C)nc(Cl)n2)[C@H](c2ccccc2)[C@@H]1c1cc(SCCNC(=O)OC(C)(C)C)nc(Cl)n1. The number of hydrogen-bond acceptors (Lipinski definition) is 10. The minimum absolute atomic E-state index is 0.0663. The minimum Gasteiger partial charge on any atom is -0.444 e. The third-order valence-electron chi connectivity index (χ3n) is 7.89. The van der Waals surface area contributed by atoms with Crippen LogP contribution in [-0.4, -0.2) is 67.9 Å².